The summed E-state index contributed by atoms with van der Waals surface area (Å²) in [5, 5.41) is 0. The summed E-state index contributed by atoms with van der Waals surface area (Å²) in [6.07, 6.45) is 0. The lowest BCUT2D eigenvalue weighted by Crippen LogP contribution is -1.79. The van der Waals surface area contributed by atoms with Crippen molar-refractivity contribution in [3.63, 3.8) is 0 Å². The van der Waals surface area contributed by atoms with Crippen LogP contribution in [-0.2, 0) is 4.57 Å². The number of hydrogen-bond donors (Lipinski definition) is 3. The van der Waals surface area contributed by atoms with Gasteiger partial charge in [0.1, 0.15) is 0 Å². The molecule has 3 N–H and O–H groups in total. The minimum Gasteiger partial charge on any atom is -0.303 e. The summed E-state index contributed by atoms with van der Waals surface area (Å²) in [6, 6.07) is 0. The summed E-state index contributed by atoms with van der Waals surface area (Å²) in [4.78, 5) is 21.6. The first-order valence-electron chi connectivity index (χ1n) is 2.20. The molecule has 0 fully saturated rings. The van der Waals surface area contributed by atoms with Gasteiger partial charge in [0.05, 0.1) is 0 Å². The Bertz CT molecular complexity index is 67.1. The fraction of sp³-hybridized carbons (Fsp3) is 0. The van der Waals surface area contributed by atoms with Crippen LogP contribution in [0.5, 0.6) is 0 Å². The molecule has 0 saturated carbocycles. The number of phosphoric acid groups is 1. The molecular formula is H11O4PSi3. The Morgan fingerprint density at radius 1 is 1.25 bits per heavy atom. The molecule has 52 valence electrons. The number of rotatable bonds is 0. The van der Waals surface area contributed by atoms with Crippen molar-refractivity contribution in [3.8, 4) is 0 Å². The summed E-state index contributed by atoms with van der Waals surface area (Å²) < 4.78 is 8.88. The fourth-order valence-electron chi connectivity index (χ4n) is 0. The summed E-state index contributed by atoms with van der Waals surface area (Å²) in [5.74, 6) is 0. The van der Waals surface area contributed by atoms with Crippen LogP contribution in [0.3, 0.4) is 0 Å². The van der Waals surface area contributed by atoms with E-state index in [2.05, 4.69) is 0 Å². The molecule has 4 nitrogen and oxygen atoms in total. The van der Waals surface area contributed by atoms with Crippen LogP contribution in [-0.4, -0.2) is 42.8 Å². The zero-order valence-electron chi connectivity index (χ0n) is 4.90. The first kappa shape index (κ1) is 11.5. The third-order valence-corrected chi connectivity index (χ3v) is 0. The van der Waals surface area contributed by atoms with Crippen LogP contribution < -0.4 is 0 Å². The van der Waals surface area contributed by atoms with Crippen LogP contribution in [0.25, 0.3) is 0 Å². The maximum atomic E-state index is 8.88. The second kappa shape index (κ2) is 5.89. The van der Waals surface area contributed by atoms with E-state index in [1.54, 1.807) is 19.5 Å². The molecule has 0 aromatic rings. The van der Waals surface area contributed by atoms with Crippen molar-refractivity contribution in [2.24, 2.45) is 0 Å². The lowest BCUT2D eigenvalue weighted by atomic mass is 15.8. The van der Waals surface area contributed by atoms with Gasteiger partial charge in [-0.2, -0.15) is 0 Å². The third-order valence-electron chi connectivity index (χ3n) is 0. The van der Waals surface area contributed by atoms with Gasteiger partial charge in [0.2, 0.25) is 0 Å². The van der Waals surface area contributed by atoms with E-state index in [-0.39, 0.29) is 0 Å². The Labute approximate surface area is 55.8 Å². The van der Waals surface area contributed by atoms with Gasteiger partial charge in [-0.1, -0.05) is 0 Å². The van der Waals surface area contributed by atoms with E-state index < -0.39 is 7.82 Å². The van der Waals surface area contributed by atoms with E-state index in [9.17, 15) is 0 Å². The van der Waals surface area contributed by atoms with Crippen molar-refractivity contribution in [1.29, 1.82) is 0 Å². The van der Waals surface area contributed by atoms with E-state index in [1.807, 2.05) is 0 Å². The molecule has 0 saturated heterocycles. The van der Waals surface area contributed by atoms with Crippen LogP contribution in [0.4, 0.5) is 0 Å². The Morgan fingerprint density at radius 2 is 1.25 bits per heavy atom. The molecule has 0 aliphatic carbocycles. The highest BCUT2D eigenvalue weighted by molar-refractivity contribution is 7.45. The average Bonchev–Trinajstić information content (AvgIpc) is 1.27. The summed E-state index contributed by atoms with van der Waals surface area (Å²) in [6.45, 7) is 0. The molecule has 0 spiro atoms. The van der Waals surface area contributed by atoms with Crippen LogP contribution in [0.2, 0.25) is 0 Å². The molecule has 0 unspecified atom stereocenters. The predicted octanol–water partition coefficient (Wildman–Crippen LogP) is -4.21. The topological polar surface area (TPSA) is 77.8 Å². The van der Waals surface area contributed by atoms with Crippen LogP contribution in [0, 0.1) is 0 Å². The van der Waals surface area contributed by atoms with Crippen molar-refractivity contribution < 1.29 is 19.2 Å². The molecule has 0 atom stereocenters. The van der Waals surface area contributed by atoms with Crippen molar-refractivity contribution >= 4 is 35.9 Å². The highest BCUT2D eigenvalue weighted by Crippen LogP contribution is 2.25. The molecule has 0 heterocycles. The van der Waals surface area contributed by atoms with Crippen LogP contribution in [0.15, 0.2) is 0 Å². The minimum absolute atomic E-state index is 0.694. The van der Waals surface area contributed by atoms with Gasteiger partial charge in [-0.15, -0.1) is 0 Å². The second-order valence-corrected chi connectivity index (χ2v) is 20.6. The third kappa shape index (κ3) is 388. The smallest absolute Gasteiger partial charge is 0.303 e. The summed E-state index contributed by atoms with van der Waals surface area (Å²) in [5.41, 5.74) is 0. The maximum absolute atomic E-state index is 8.88. The molecule has 0 radical (unpaired) electrons. The molecule has 0 aromatic carbocycles. The zero-order chi connectivity index (χ0) is 7.21. The lowest BCUT2D eigenvalue weighted by molar-refractivity contribution is 0.275. The predicted molar refractivity (Wildman–Crippen MR) is 42.7 cm³/mol. The molecular weight excluding hydrogens is 179 g/mol. The average molecular weight is 190 g/mol. The SMILES string of the molecule is O=P(O)(O)O.[SiH3][SiH2][SiH3]. The fourth-order valence-corrected chi connectivity index (χ4v) is 0. The maximum Gasteiger partial charge on any atom is 0.466 e. The Balaban J connectivity index is 0. The molecule has 0 aliphatic heterocycles. The lowest BCUT2D eigenvalue weighted by Gasteiger charge is -1.82. The van der Waals surface area contributed by atoms with E-state index in [0.717, 1.165) is 0 Å². The van der Waals surface area contributed by atoms with Crippen molar-refractivity contribution in [2.45, 2.75) is 0 Å². The van der Waals surface area contributed by atoms with Crippen molar-refractivity contribution in [1.82, 2.24) is 0 Å². The van der Waals surface area contributed by atoms with E-state index in [4.69, 9.17) is 19.2 Å². The van der Waals surface area contributed by atoms with Gasteiger partial charge in [-0.3, -0.25) is 0 Å². The summed E-state index contributed by atoms with van der Waals surface area (Å²) >= 11 is 0. The summed E-state index contributed by atoms with van der Waals surface area (Å²) in [7, 11) is -0.806. The van der Waals surface area contributed by atoms with Crippen LogP contribution in [0.1, 0.15) is 0 Å². The molecule has 0 amide bonds. The van der Waals surface area contributed by atoms with Crippen LogP contribution >= 0.6 is 7.82 Å². The van der Waals surface area contributed by atoms with Gasteiger partial charge >= 0.3 is 7.82 Å². The molecule has 0 aliphatic rings. The largest absolute Gasteiger partial charge is 0.466 e. The van der Waals surface area contributed by atoms with Gasteiger partial charge in [0.25, 0.3) is 0 Å². The van der Waals surface area contributed by atoms with E-state index in [1.165, 1.54) is 0 Å². The van der Waals surface area contributed by atoms with Gasteiger partial charge in [-0.05, 0) is 28.1 Å². The number of hydrogen-bond acceptors (Lipinski definition) is 1. The highest BCUT2D eigenvalue weighted by Gasteiger charge is 2.00. The van der Waals surface area contributed by atoms with E-state index in [0.29, 0.717) is 8.55 Å². The van der Waals surface area contributed by atoms with Gasteiger partial charge in [0, 0.05) is 0 Å². The normalized spacial score (nSPS) is 11.9. The molecule has 0 rings (SSSR count). The monoisotopic (exact) mass is 190 g/mol. The Hall–Kier alpha value is 0.761. The molecule has 0 bridgehead atoms. The second-order valence-electron chi connectivity index (χ2n) is 1.22. The zero-order valence-corrected chi connectivity index (χ0v) is 11.2. The standard InChI is InChI=1S/H3O4P.H8Si3/c1-5(2,3)4;1-3-2/h(H3,1,2,3,4);3H2,1-2H3. The minimum atomic E-state index is -4.64. The highest BCUT2D eigenvalue weighted by atomic mass is 31.2. The first-order chi connectivity index (χ1) is 3.41. The first-order valence-corrected chi connectivity index (χ1v) is 15.1. The van der Waals surface area contributed by atoms with Gasteiger partial charge < -0.3 is 14.7 Å². The Morgan fingerprint density at radius 3 is 1.25 bits per heavy atom. The quantitative estimate of drug-likeness (QED) is 0.267. The molecule has 8 heteroatoms. The van der Waals surface area contributed by atoms with Crippen molar-refractivity contribution in [2.75, 3.05) is 0 Å². The van der Waals surface area contributed by atoms with E-state index >= 15 is 0 Å². The Kier molecular flexibility index (Phi) is 8.50. The molecule has 8 heavy (non-hydrogen) atoms. The van der Waals surface area contributed by atoms with Crippen molar-refractivity contribution in [3.05, 3.63) is 0 Å². The van der Waals surface area contributed by atoms with Gasteiger partial charge in [0.15, 0.2) is 0 Å². The molecule has 0 aromatic heterocycles. The van der Waals surface area contributed by atoms with Gasteiger partial charge in [-0.25, -0.2) is 4.57 Å².